The van der Waals surface area contributed by atoms with E-state index in [-0.39, 0.29) is 5.41 Å². The van der Waals surface area contributed by atoms with Crippen LogP contribution in [0.4, 0.5) is 0 Å². The molecule has 2 heterocycles. The molecule has 0 aliphatic carbocycles. The zero-order chi connectivity index (χ0) is 14.3. The molecule has 2 fully saturated rings. The van der Waals surface area contributed by atoms with Gasteiger partial charge in [-0.2, -0.15) is 0 Å². The smallest absolute Gasteiger partial charge is 0.335 e. The number of fused-ring (bicyclic) bond motifs is 1. The first-order valence-corrected chi connectivity index (χ1v) is 7.11. The van der Waals surface area contributed by atoms with Crippen LogP contribution in [0.25, 0.3) is 0 Å². The van der Waals surface area contributed by atoms with Gasteiger partial charge < -0.3 is 9.84 Å². The number of benzene rings is 1. The van der Waals surface area contributed by atoms with Crippen LogP contribution in [0.1, 0.15) is 29.8 Å². The van der Waals surface area contributed by atoms with Crippen LogP contribution in [-0.4, -0.2) is 41.8 Å². The fourth-order valence-electron chi connectivity index (χ4n) is 3.62. The highest BCUT2D eigenvalue weighted by molar-refractivity contribution is 5.87. The molecule has 0 spiro atoms. The van der Waals surface area contributed by atoms with Crippen LogP contribution < -0.4 is 0 Å². The predicted molar refractivity (Wildman–Crippen MR) is 75.7 cm³/mol. The molecular formula is C16H21NO3. The Morgan fingerprint density at radius 1 is 1.45 bits per heavy atom. The lowest BCUT2D eigenvalue weighted by atomic mass is 9.80. The van der Waals surface area contributed by atoms with Crippen LogP contribution in [0.2, 0.25) is 0 Å². The Labute approximate surface area is 119 Å². The van der Waals surface area contributed by atoms with E-state index in [1.807, 2.05) is 12.1 Å². The summed E-state index contributed by atoms with van der Waals surface area (Å²) in [6.07, 6.45) is 0. The minimum absolute atomic E-state index is 0.269. The molecule has 1 N–H and O–H groups in total. The van der Waals surface area contributed by atoms with E-state index in [0.29, 0.717) is 17.5 Å². The summed E-state index contributed by atoms with van der Waals surface area (Å²) in [6.45, 7) is 8.09. The van der Waals surface area contributed by atoms with Gasteiger partial charge in [-0.15, -0.1) is 0 Å². The largest absolute Gasteiger partial charge is 0.478 e. The first-order valence-electron chi connectivity index (χ1n) is 7.11. The minimum atomic E-state index is -0.865. The molecule has 2 saturated heterocycles. The molecule has 0 amide bonds. The van der Waals surface area contributed by atoms with E-state index in [1.165, 1.54) is 0 Å². The number of hydrogen-bond donors (Lipinski definition) is 1. The summed E-state index contributed by atoms with van der Waals surface area (Å²) in [6, 6.07) is 7.71. The Morgan fingerprint density at radius 2 is 2.25 bits per heavy atom. The standard InChI is InChI=1S/C16H21NO3/c1-16(2)10-17(14-9-20-8-13(14)16)7-11-4-3-5-12(6-11)15(18)19/h3-6,13-14H,7-10H2,1-2H3,(H,18,19)/t13-,14+/m0/s1. The van der Waals surface area contributed by atoms with Crippen molar-refractivity contribution in [3.8, 4) is 0 Å². The lowest BCUT2D eigenvalue weighted by molar-refractivity contribution is 0.0696. The molecule has 0 radical (unpaired) electrons. The van der Waals surface area contributed by atoms with E-state index >= 15 is 0 Å². The van der Waals surface area contributed by atoms with Gasteiger partial charge in [-0.25, -0.2) is 4.79 Å². The van der Waals surface area contributed by atoms with Crippen molar-refractivity contribution >= 4 is 5.97 Å². The van der Waals surface area contributed by atoms with Crippen molar-refractivity contribution in [2.75, 3.05) is 19.8 Å². The molecule has 4 heteroatoms. The van der Waals surface area contributed by atoms with Gasteiger partial charge in [-0.3, -0.25) is 4.90 Å². The van der Waals surface area contributed by atoms with E-state index in [4.69, 9.17) is 9.84 Å². The molecule has 2 aliphatic heterocycles. The van der Waals surface area contributed by atoms with E-state index in [0.717, 1.165) is 31.9 Å². The topological polar surface area (TPSA) is 49.8 Å². The van der Waals surface area contributed by atoms with Gasteiger partial charge in [0, 0.05) is 25.0 Å². The molecule has 108 valence electrons. The number of ether oxygens (including phenoxy) is 1. The number of nitrogens with zero attached hydrogens (tertiary/aromatic N) is 1. The van der Waals surface area contributed by atoms with Gasteiger partial charge in [0.15, 0.2) is 0 Å². The van der Waals surface area contributed by atoms with Crippen molar-refractivity contribution in [3.05, 3.63) is 35.4 Å². The molecule has 3 rings (SSSR count). The maximum absolute atomic E-state index is 11.0. The molecule has 1 aromatic rings. The number of likely N-dealkylation sites (tertiary alicyclic amines) is 1. The molecule has 0 saturated carbocycles. The lowest BCUT2D eigenvalue weighted by Gasteiger charge is -2.24. The summed E-state index contributed by atoms with van der Waals surface area (Å²) in [5.41, 5.74) is 1.69. The highest BCUT2D eigenvalue weighted by atomic mass is 16.5. The van der Waals surface area contributed by atoms with Crippen molar-refractivity contribution in [2.45, 2.75) is 26.4 Å². The molecule has 0 bridgehead atoms. The second-order valence-electron chi connectivity index (χ2n) is 6.61. The Bertz CT molecular complexity index is 526. The first kappa shape index (κ1) is 13.6. The van der Waals surface area contributed by atoms with Crippen LogP contribution in [0, 0.1) is 11.3 Å². The van der Waals surface area contributed by atoms with Gasteiger partial charge in [0.05, 0.1) is 18.8 Å². The highest BCUT2D eigenvalue weighted by Crippen LogP contribution is 2.43. The maximum atomic E-state index is 11.0. The molecule has 2 atom stereocenters. The van der Waals surface area contributed by atoms with Crippen LogP contribution >= 0.6 is 0 Å². The third-order valence-electron chi connectivity index (χ3n) is 4.69. The van der Waals surface area contributed by atoms with Gasteiger partial charge in [0.25, 0.3) is 0 Å². The number of carboxylic acids is 1. The summed E-state index contributed by atoms with van der Waals surface area (Å²) in [5, 5.41) is 9.07. The summed E-state index contributed by atoms with van der Waals surface area (Å²) < 4.78 is 5.64. The number of carboxylic acid groups (broad SMARTS) is 1. The van der Waals surface area contributed by atoms with Crippen molar-refractivity contribution in [1.82, 2.24) is 4.90 Å². The molecule has 1 aromatic carbocycles. The Hall–Kier alpha value is -1.39. The molecular weight excluding hydrogens is 254 g/mol. The normalized spacial score (nSPS) is 28.5. The maximum Gasteiger partial charge on any atom is 0.335 e. The third kappa shape index (κ3) is 2.34. The minimum Gasteiger partial charge on any atom is -0.478 e. The first-order chi connectivity index (χ1) is 9.47. The number of rotatable bonds is 3. The number of hydrogen-bond acceptors (Lipinski definition) is 3. The van der Waals surface area contributed by atoms with Crippen LogP contribution in [0.3, 0.4) is 0 Å². The molecule has 0 unspecified atom stereocenters. The highest BCUT2D eigenvalue weighted by Gasteiger charge is 2.49. The number of carbonyl (C=O) groups is 1. The summed E-state index contributed by atoms with van der Waals surface area (Å²) in [7, 11) is 0. The number of aromatic carboxylic acids is 1. The Morgan fingerprint density at radius 3 is 3.00 bits per heavy atom. The van der Waals surface area contributed by atoms with Crippen molar-refractivity contribution in [2.24, 2.45) is 11.3 Å². The zero-order valence-corrected chi connectivity index (χ0v) is 12.0. The Balaban J connectivity index is 1.78. The molecule has 20 heavy (non-hydrogen) atoms. The fourth-order valence-corrected chi connectivity index (χ4v) is 3.62. The van der Waals surface area contributed by atoms with Crippen molar-refractivity contribution in [3.63, 3.8) is 0 Å². The quantitative estimate of drug-likeness (QED) is 0.919. The summed E-state index contributed by atoms with van der Waals surface area (Å²) in [4.78, 5) is 13.5. The zero-order valence-electron chi connectivity index (χ0n) is 12.0. The van der Waals surface area contributed by atoms with Gasteiger partial charge >= 0.3 is 5.97 Å². The van der Waals surface area contributed by atoms with Gasteiger partial charge in [-0.05, 0) is 23.1 Å². The average Bonchev–Trinajstić information content (AvgIpc) is 2.95. The average molecular weight is 275 g/mol. The monoisotopic (exact) mass is 275 g/mol. The van der Waals surface area contributed by atoms with Crippen molar-refractivity contribution < 1.29 is 14.6 Å². The van der Waals surface area contributed by atoms with E-state index < -0.39 is 5.97 Å². The molecule has 0 aromatic heterocycles. The summed E-state index contributed by atoms with van der Waals surface area (Å²) in [5.74, 6) is -0.277. The van der Waals surface area contributed by atoms with Crippen molar-refractivity contribution in [1.29, 1.82) is 0 Å². The van der Waals surface area contributed by atoms with E-state index in [2.05, 4.69) is 18.7 Å². The Kier molecular flexibility index (Phi) is 3.30. The van der Waals surface area contributed by atoms with Crippen LogP contribution in [-0.2, 0) is 11.3 Å². The fraction of sp³-hybridized carbons (Fsp3) is 0.562. The lowest BCUT2D eigenvalue weighted by Crippen LogP contribution is -2.32. The second-order valence-corrected chi connectivity index (χ2v) is 6.61. The van der Waals surface area contributed by atoms with Gasteiger partial charge in [0.1, 0.15) is 0 Å². The summed E-state index contributed by atoms with van der Waals surface area (Å²) >= 11 is 0. The SMILES string of the molecule is CC1(C)CN(Cc2cccc(C(=O)O)c2)[C@@H]2COC[C@@H]21. The van der Waals surface area contributed by atoms with Gasteiger partial charge in [-0.1, -0.05) is 26.0 Å². The van der Waals surface area contributed by atoms with E-state index in [9.17, 15) is 4.79 Å². The predicted octanol–water partition coefficient (Wildman–Crippen LogP) is 2.24. The second kappa shape index (κ2) is 4.86. The van der Waals surface area contributed by atoms with Crippen LogP contribution in [0.15, 0.2) is 24.3 Å². The molecule has 4 nitrogen and oxygen atoms in total. The van der Waals surface area contributed by atoms with E-state index in [1.54, 1.807) is 12.1 Å². The molecule has 2 aliphatic rings. The van der Waals surface area contributed by atoms with Crippen LogP contribution in [0.5, 0.6) is 0 Å². The van der Waals surface area contributed by atoms with Gasteiger partial charge in [0.2, 0.25) is 0 Å². The third-order valence-corrected chi connectivity index (χ3v) is 4.69.